The van der Waals surface area contributed by atoms with Crippen LogP contribution in [0.2, 0.25) is 0 Å². The summed E-state index contributed by atoms with van der Waals surface area (Å²) < 4.78 is 1.89. The summed E-state index contributed by atoms with van der Waals surface area (Å²) in [7, 11) is 0. The molecule has 4 rings (SSSR count). The van der Waals surface area contributed by atoms with Crippen LogP contribution in [0.1, 0.15) is 57.9 Å². The monoisotopic (exact) mass is 399 g/mol. The Morgan fingerprint density at radius 1 is 1.14 bits per heavy atom. The molecule has 2 aromatic rings. The number of piperidine rings is 1. The highest BCUT2D eigenvalue weighted by Crippen LogP contribution is 2.31. The van der Waals surface area contributed by atoms with Crippen molar-refractivity contribution in [3.8, 4) is 0 Å². The second-order valence-corrected chi connectivity index (χ2v) is 9.20. The molecular weight excluding hydrogens is 370 g/mol. The number of rotatable bonds is 4. The van der Waals surface area contributed by atoms with Crippen LogP contribution >= 0.6 is 11.8 Å². The van der Waals surface area contributed by atoms with Crippen LogP contribution in [-0.4, -0.2) is 39.2 Å². The largest absolute Gasteiger partial charge is 0.342 e. The average Bonchev–Trinajstić information content (AvgIpc) is 2.73. The number of amides is 1. The molecule has 2 aliphatic rings. The van der Waals surface area contributed by atoms with E-state index in [-0.39, 0.29) is 17.5 Å². The van der Waals surface area contributed by atoms with Crippen molar-refractivity contribution in [2.75, 3.05) is 18.8 Å². The first kappa shape index (κ1) is 19.5. The molecule has 150 valence electrons. The van der Waals surface area contributed by atoms with E-state index in [1.807, 2.05) is 33.7 Å². The van der Waals surface area contributed by atoms with E-state index >= 15 is 0 Å². The Bertz CT molecular complexity index is 904. The molecule has 0 spiro atoms. The maximum atomic E-state index is 13.3. The zero-order valence-electron chi connectivity index (χ0n) is 16.6. The number of carbonyl (C=O) groups excluding carboxylic acids is 1. The number of nitrogens with zero attached hydrogens (tertiary/aromatic N) is 3. The number of para-hydroxylation sites is 1. The summed E-state index contributed by atoms with van der Waals surface area (Å²) in [6, 6.07) is 7.75. The van der Waals surface area contributed by atoms with E-state index in [9.17, 15) is 9.59 Å². The minimum atomic E-state index is 0.0408. The molecule has 5 nitrogen and oxygen atoms in total. The van der Waals surface area contributed by atoms with Gasteiger partial charge in [0.25, 0.3) is 5.56 Å². The Balaban J connectivity index is 1.61. The molecule has 28 heavy (non-hydrogen) atoms. The van der Waals surface area contributed by atoms with E-state index in [2.05, 4.69) is 6.92 Å². The SMILES string of the molecule is CC1CCCN(C(=O)CSc2nc3ccccc3c(=O)n2C2CCCCC2)C1. The molecule has 1 atom stereocenters. The molecule has 1 aromatic carbocycles. The number of likely N-dealkylation sites (tertiary alicyclic amines) is 1. The summed E-state index contributed by atoms with van der Waals surface area (Å²) in [6.45, 7) is 3.91. The van der Waals surface area contributed by atoms with Gasteiger partial charge in [0, 0.05) is 19.1 Å². The van der Waals surface area contributed by atoms with Gasteiger partial charge < -0.3 is 4.90 Å². The smallest absolute Gasteiger partial charge is 0.262 e. The fraction of sp³-hybridized carbons (Fsp3) is 0.591. The van der Waals surface area contributed by atoms with Crippen LogP contribution in [0.5, 0.6) is 0 Å². The third-order valence-corrected chi connectivity index (χ3v) is 6.99. The Morgan fingerprint density at radius 3 is 2.71 bits per heavy atom. The van der Waals surface area contributed by atoms with Crippen LogP contribution in [0.3, 0.4) is 0 Å². The van der Waals surface area contributed by atoms with Gasteiger partial charge in [0.15, 0.2) is 5.16 Å². The summed E-state index contributed by atoms with van der Waals surface area (Å²) in [4.78, 5) is 32.8. The molecule has 0 bridgehead atoms. The van der Waals surface area contributed by atoms with Gasteiger partial charge in [-0.15, -0.1) is 0 Å². The molecule has 1 unspecified atom stereocenters. The Hall–Kier alpha value is -1.82. The number of thioether (sulfide) groups is 1. The molecule has 6 heteroatoms. The van der Waals surface area contributed by atoms with E-state index in [4.69, 9.17) is 4.98 Å². The van der Waals surface area contributed by atoms with Crippen molar-refractivity contribution in [1.82, 2.24) is 14.5 Å². The van der Waals surface area contributed by atoms with Crippen molar-refractivity contribution in [2.45, 2.75) is 63.1 Å². The Labute approximate surface area is 170 Å². The van der Waals surface area contributed by atoms with Crippen molar-refractivity contribution >= 4 is 28.6 Å². The third kappa shape index (κ3) is 4.12. The summed E-state index contributed by atoms with van der Waals surface area (Å²) in [5.74, 6) is 1.08. The number of benzene rings is 1. The predicted octanol–water partition coefficient (Wildman–Crippen LogP) is 4.25. The number of hydrogen-bond donors (Lipinski definition) is 0. The van der Waals surface area contributed by atoms with Gasteiger partial charge in [-0.25, -0.2) is 4.98 Å². The second kappa shape index (κ2) is 8.68. The van der Waals surface area contributed by atoms with E-state index in [0.29, 0.717) is 22.2 Å². The molecule has 1 aliphatic heterocycles. The molecule has 2 heterocycles. The standard InChI is InChI=1S/C22H29N3O2S/c1-16-8-7-13-24(14-16)20(26)15-28-22-23-19-12-6-5-11-18(19)21(27)25(22)17-9-3-2-4-10-17/h5-6,11-12,16-17H,2-4,7-10,13-15H2,1H3. The van der Waals surface area contributed by atoms with Crippen LogP contribution in [0.4, 0.5) is 0 Å². The van der Waals surface area contributed by atoms with Crippen LogP contribution in [0, 0.1) is 5.92 Å². The van der Waals surface area contributed by atoms with Crippen molar-refractivity contribution < 1.29 is 4.79 Å². The molecular formula is C22H29N3O2S. The molecule has 1 aromatic heterocycles. The van der Waals surface area contributed by atoms with Gasteiger partial charge in [-0.05, 0) is 43.7 Å². The first-order valence-electron chi connectivity index (χ1n) is 10.6. The van der Waals surface area contributed by atoms with Crippen LogP contribution in [0.25, 0.3) is 10.9 Å². The van der Waals surface area contributed by atoms with E-state index in [1.54, 1.807) is 0 Å². The molecule has 1 saturated carbocycles. The van der Waals surface area contributed by atoms with Gasteiger partial charge >= 0.3 is 0 Å². The molecule has 1 amide bonds. The first-order valence-corrected chi connectivity index (χ1v) is 11.5. The van der Waals surface area contributed by atoms with Crippen molar-refractivity contribution in [3.63, 3.8) is 0 Å². The lowest BCUT2D eigenvalue weighted by Gasteiger charge is -2.31. The average molecular weight is 400 g/mol. The summed E-state index contributed by atoms with van der Waals surface area (Å²) in [6.07, 6.45) is 7.86. The molecule has 0 N–H and O–H groups in total. The number of carbonyl (C=O) groups is 1. The number of aromatic nitrogens is 2. The molecule has 1 saturated heterocycles. The lowest BCUT2D eigenvalue weighted by Crippen LogP contribution is -2.40. The fourth-order valence-corrected chi connectivity index (χ4v) is 5.49. The van der Waals surface area contributed by atoms with Crippen molar-refractivity contribution in [3.05, 3.63) is 34.6 Å². The highest BCUT2D eigenvalue weighted by Gasteiger charge is 2.24. The van der Waals surface area contributed by atoms with Crippen LogP contribution < -0.4 is 5.56 Å². The topological polar surface area (TPSA) is 55.2 Å². The lowest BCUT2D eigenvalue weighted by atomic mass is 9.95. The van der Waals surface area contributed by atoms with Gasteiger partial charge in [-0.2, -0.15) is 0 Å². The van der Waals surface area contributed by atoms with Crippen LogP contribution in [-0.2, 0) is 4.79 Å². The Morgan fingerprint density at radius 2 is 1.93 bits per heavy atom. The fourth-order valence-electron chi connectivity index (χ4n) is 4.52. The summed E-state index contributed by atoms with van der Waals surface area (Å²) >= 11 is 1.43. The molecule has 1 aliphatic carbocycles. The quantitative estimate of drug-likeness (QED) is 0.570. The maximum absolute atomic E-state index is 13.3. The maximum Gasteiger partial charge on any atom is 0.262 e. The predicted molar refractivity (Wildman–Crippen MR) is 114 cm³/mol. The van der Waals surface area contributed by atoms with E-state index in [0.717, 1.165) is 50.7 Å². The van der Waals surface area contributed by atoms with Gasteiger partial charge in [-0.1, -0.05) is 50.1 Å². The minimum absolute atomic E-state index is 0.0408. The third-order valence-electron chi connectivity index (χ3n) is 6.05. The summed E-state index contributed by atoms with van der Waals surface area (Å²) in [5, 5.41) is 1.38. The second-order valence-electron chi connectivity index (χ2n) is 8.25. The van der Waals surface area contributed by atoms with Crippen molar-refractivity contribution in [1.29, 1.82) is 0 Å². The highest BCUT2D eigenvalue weighted by molar-refractivity contribution is 7.99. The summed E-state index contributed by atoms with van der Waals surface area (Å²) in [5.41, 5.74) is 0.764. The van der Waals surface area contributed by atoms with Gasteiger partial charge in [-0.3, -0.25) is 14.2 Å². The van der Waals surface area contributed by atoms with E-state index < -0.39 is 0 Å². The lowest BCUT2D eigenvalue weighted by molar-refractivity contribution is -0.130. The molecule has 2 fully saturated rings. The van der Waals surface area contributed by atoms with Gasteiger partial charge in [0.05, 0.1) is 16.7 Å². The number of hydrogen-bond acceptors (Lipinski definition) is 4. The molecule has 0 radical (unpaired) electrons. The van der Waals surface area contributed by atoms with E-state index in [1.165, 1.54) is 24.6 Å². The van der Waals surface area contributed by atoms with Crippen LogP contribution in [0.15, 0.2) is 34.2 Å². The first-order chi connectivity index (χ1) is 13.6. The highest BCUT2D eigenvalue weighted by atomic mass is 32.2. The Kier molecular flexibility index (Phi) is 6.04. The van der Waals surface area contributed by atoms with Gasteiger partial charge in [0.2, 0.25) is 5.91 Å². The van der Waals surface area contributed by atoms with Gasteiger partial charge in [0.1, 0.15) is 0 Å². The normalized spacial score (nSPS) is 21.2. The zero-order chi connectivity index (χ0) is 19.5. The zero-order valence-corrected chi connectivity index (χ0v) is 17.4. The number of fused-ring (bicyclic) bond motifs is 1. The minimum Gasteiger partial charge on any atom is -0.342 e. The van der Waals surface area contributed by atoms with Crippen molar-refractivity contribution in [2.24, 2.45) is 5.92 Å².